The highest BCUT2D eigenvalue weighted by atomic mass is 19.3. The van der Waals surface area contributed by atoms with Crippen LogP contribution in [0.5, 0.6) is 0 Å². The zero-order valence-electron chi connectivity index (χ0n) is 18.0. The summed E-state index contributed by atoms with van der Waals surface area (Å²) < 4.78 is 53.0. The number of rotatable bonds is 21. The normalized spacial score (nSPS) is 11.7. The van der Waals surface area contributed by atoms with E-state index in [9.17, 15) is 27.2 Å². The van der Waals surface area contributed by atoms with E-state index in [0.717, 1.165) is 76.4 Å². The summed E-state index contributed by atoms with van der Waals surface area (Å²) in [7, 11) is 0. The van der Waals surface area contributed by atoms with Gasteiger partial charge < -0.3 is 0 Å². The maximum absolute atomic E-state index is 13.2. The second kappa shape index (κ2) is 18.3. The summed E-state index contributed by atoms with van der Waals surface area (Å²) in [5.74, 6) is -5.79. The van der Waals surface area contributed by atoms with Crippen LogP contribution in [0, 0.1) is 0 Å². The molecule has 0 aliphatic carbocycles. The van der Waals surface area contributed by atoms with E-state index in [1.807, 2.05) is 0 Å². The molecule has 0 heterocycles. The summed E-state index contributed by atoms with van der Waals surface area (Å²) in [6.07, 6.45) is 15.2. The number of unbranched alkanes of at least 4 members (excludes halogenated alkanes) is 13. The molecule has 0 spiro atoms. The predicted molar refractivity (Wildman–Crippen MR) is 110 cm³/mol. The van der Waals surface area contributed by atoms with Gasteiger partial charge in [0, 0.05) is 12.8 Å². The number of aliphatic imine (C=N–C) groups is 2. The fraction of sp³-hybridized carbons (Fsp3) is 0.909. The third-order valence-electron chi connectivity index (χ3n) is 5.08. The summed E-state index contributed by atoms with van der Waals surface area (Å²) in [5, 5.41) is 0. The van der Waals surface area contributed by atoms with Crippen molar-refractivity contribution in [3.8, 4) is 0 Å². The molecule has 0 aliphatic heterocycles. The van der Waals surface area contributed by atoms with E-state index in [4.69, 9.17) is 0 Å². The van der Waals surface area contributed by atoms with Crippen molar-refractivity contribution in [1.82, 2.24) is 0 Å². The van der Waals surface area contributed by atoms with Gasteiger partial charge in [-0.15, -0.1) is 0 Å². The van der Waals surface area contributed by atoms with Crippen molar-refractivity contribution < 1.29 is 27.2 Å². The molecule has 0 rings (SSSR count). The van der Waals surface area contributed by atoms with Crippen LogP contribution < -0.4 is 0 Å². The van der Waals surface area contributed by atoms with Crippen LogP contribution in [0.25, 0.3) is 0 Å². The van der Waals surface area contributed by atoms with Crippen molar-refractivity contribution in [1.29, 1.82) is 0 Å². The Morgan fingerprint density at radius 3 is 0.933 bits per heavy atom. The van der Waals surface area contributed by atoms with Gasteiger partial charge in [0.1, 0.15) is 13.1 Å². The maximum atomic E-state index is 13.2. The van der Waals surface area contributed by atoms with Crippen LogP contribution in [0.1, 0.15) is 103 Å². The highest BCUT2D eigenvalue weighted by molar-refractivity contribution is 5.33. The molecule has 30 heavy (non-hydrogen) atoms. The zero-order valence-corrected chi connectivity index (χ0v) is 18.0. The Labute approximate surface area is 177 Å². The number of alkyl halides is 4. The Bertz CT molecular complexity index is 471. The van der Waals surface area contributed by atoms with Crippen LogP contribution in [-0.2, 0) is 9.59 Å². The SMILES string of the molecule is O=C=NCC(F)(F)CCCCCCCCCCCCCCCCC(F)(F)CN=C=O. The van der Waals surface area contributed by atoms with Crippen molar-refractivity contribution in [2.24, 2.45) is 9.98 Å². The highest BCUT2D eigenvalue weighted by Gasteiger charge is 2.28. The molecule has 8 heteroatoms. The number of carbonyl (C=O) groups excluding carboxylic acids is 2. The van der Waals surface area contributed by atoms with Crippen molar-refractivity contribution in [2.75, 3.05) is 13.1 Å². The van der Waals surface area contributed by atoms with E-state index < -0.39 is 24.9 Å². The first-order valence-corrected chi connectivity index (χ1v) is 11.2. The molecule has 0 fully saturated rings. The molecule has 0 radical (unpaired) electrons. The molecular formula is C22H36F4N2O2. The Hall–Kier alpha value is -1.52. The van der Waals surface area contributed by atoms with Gasteiger partial charge in [-0.1, -0.05) is 77.0 Å². The molecule has 4 nitrogen and oxygen atoms in total. The molecule has 0 saturated heterocycles. The van der Waals surface area contributed by atoms with Crippen LogP contribution >= 0.6 is 0 Å². The third kappa shape index (κ3) is 19.8. The molecule has 0 amide bonds. The van der Waals surface area contributed by atoms with Crippen molar-refractivity contribution in [3.05, 3.63) is 0 Å². The minimum Gasteiger partial charge on any atom is -0.211 e. The minimum atomic E-state index is -2.89. The first kappa shape index (κ1) is 28.5. The largest absolute Gasteiger partial charge is 0.268 e. The van der Waals surface area contributed by atoms with Gasteiger partial charge in [-0.05, 0) is 12.8 Å². The van der Waals surface area contributed by atoms with Crippen molar-refractivity contribution in [3.63, 3.8) is 0 Å². The highest BCUT2D eigenvalue weighted by Crippen LogP contribution is 2.24. The fourth-order valence-corrected chi connectivity index (χ4v) is 3.34. The predicted octanol–water partition coefficient (Wildman–Crippen LogP) is 7.17. The second-order valence-corrected chi connectivity index (χ2v) is 7.98. The summed E-state index contributed by atoms with van der Waals surface area (Å²) in [5.41, 5.74) is 0. The van der Waals surface area contributed by atoms with E-state index in [-0.39, 0.29) is 12.8 Å². The molecule has 174 valence electrons. The van der Waals surface area contributed by atoms with Crippen LogP contribution in [0.3, 0.4) is 0 Å². The molecule has 0 aliphatic rings. The van der Waals surface area contributed by atoms with Crippen molar-refractivity contribution in [2.45, 2.75) is 115 Å². The van der Waals surface area contributed by atoms with E-state index in [1.54, 1.807) is 0 Å². The summed E-state index contributed by atoms with van der Waals surface area (Å²) in [4.78, 5) is 25.6. The van der Waals surface area contributed by atoms with Crippen LogP contribution in [-0.4, -0.2) is 37.1 Å². The molecule has 0 aromatic heterocycles. The van der Waals surface area contributed by atoms with Gasteiger partial charge in [0.15, 0.2) is 0 Å². The van der Waals surface area contributed by atoms with Gasteiger partial charge >= 0.3 is 0 Å². The molecular weight excluding hydrogens is 400 g/mol. The Morgan fingerprint density at radius 2 is 0.700 bits per heavy atom. The second-order valence-electron chi connectivity index (χ2n) is 7.98. The van der Waals surface area contributed by atoms with Gasteiger partial charge in [0.25, 0.3) is 11.8 Å². The molecule has 0 saturated carbocycles. The lowest BCUT2D eigenvalue weighted by Crippen LogP contribution is -2.19. The lowest BCUT2D eigenvalue weighted by molar-refractivity contribution is -0.000394. The molecule has 0 N–H and O–H groups in total. The summed E-state index contributed by atoms with van der Waals surface area (Å²) in [6, 6.07) is 0. The Balaban J connectivity index is 3.32. The molecule has 0 aromatic rings. The number of hydrogen-bond donors (Lipinski definition) is 0. The van der Waals surface area contributed by atoms with Crippen LogP contribution in [0.2, 0.25) is 0 Å². The average molecular weight is 437 g/mol. The quantitative estimate of drug-likeness (QED) is 0.0829. The molecule has 0 unspecified atom stereocenters. The zero-order chi connectivity index (χ0) is 22.6. The van der Waals surface area contributed by atoms with E-state index in [2.05, 4.69) is 9.98 Å². The van der Waals surface area contributed by atoms with E-state index >= 15 is 0 Å². The first-order valence-electron chi connectivity index (χ1n) is 11.2. The van der Waals surface area contributed by atoms with Crippen molar-refractivity contribution >= 4 is 12.2 Å². The summed E-state index contributed by atoms with van der Waals surface area (Å²) in [6.45, 7) is -1.52. The topological polar surface area (TPSA) is 58.9 Å². The Morgan fingerprint density at radius 1 is 0.467 bits per heavy atom. The maximum Gasteiger partial charge on any atom is 0.268 e. The van der Waals surface area contributed by atoms with Crippen LogP contribution in [0.4, 0.5) is 17.6 Å². The third-order valence-corrected chi connectivity index (χ3v) is 5.08. The van der Waals surface area contributed by atoms with Gasteiger partial charge in [-0.3, -0.25) is 0 Å². The van der Waals surface area contributed by atoms with E-state index in [1.165, 1.54) is 12.8 Å². The lowest BCUT2D eigenvalue weighted by Gasteiger charge is -2.12. The van der Waals surface area contributed by atoms with Crippen LogP contribution in [0.15, 0.2) is 9.98 Å². The first-order chi connectivity index (χ1) is 14.3. The monoisotopic (exact) mass is 436 g/mol. The smallest absolute Gasteiger partial charge is 0.211 e. The average Bonchev–Trinajstić information content (AvgIpc) is 2.70. The summed E-state index contributed by atoms with van der Waals surface area (Å²) >= 11 is 0. The number of nitrogens with zero attached hydrogens (tertiary/aromatic N) is 2. The molecule has 0 aromatic carbocycles. The van der Waals surface area contributed by atoms with Gasteiger partial charge in [-0.25, -0.2) is 27.2 Å². The number of halogens is 4. The van der Waals surface area contributed by atoms with Gasteiger partial charge in [0.2, 0.25) is 12.2 Å². The van der Waals surface area contributed by atoms with E-state index in [0.29, 0.717) is 12.8 Å². The number of isocyanates is 2. The molecule has 0 bridgehead atoms. The fourth-order valence-electron chi connectivity index (χ4n) is 3.34. The minimum absolute atomic E-state index is 0.227. The Kier molecular flexibility index (Phi) is 17.3. The molecule has 0 atom stereocenters. The van der Waals surface area contributed by atoms with Gasteiger partial charge in [-0.2, -0.15) is 9.98 Å². The van der Waals surface area contributed by atoms with Gasteiger partial charge in [0.05, 0.1) is 0 Å². The standard InChI is InChI=1S/C22H36F4N2O2/c23-21(24,17-27-19-29)15-13-11-9-7-5-3-1-2-4-6-8-10-12-14-16-22(25,26)18-28-20-30/h1-18H2. The number of hydrogen-bond acceptors (Lipinski definition) is 4. The lowest BCUT2D eigenvalue weighted by atomic mass is 10.0.